The molecule has 1 amide bonds. The second-order valence-electron chi connectivity index (χ2n) is 3.26. The average molecular weight is 213 g/mol. The maximum atomic E-state index is 10.9. The lowest BCUT2D eigenvalue weighted by atomic mass is 10.2. The third-order valence-electron chi connectivity index (χ3n) is 2.15. The fourth-order valence-corrected chi connectivity index (χ4v) is 1.84. The number of hydrogen-bond donors (Lipinski definition) is 1. The fraction of sp³-hybridized carbons (Fsp3) is 0.500. The van der Waals surface area contributed by atoms with E-state index in [0.29, 0.717) is 13.0 Å². The summed E-state index contributed by atoms with van der Waals surface area (Å²) in [7, 11) is 1.74. The highest BCUT2D eigenvalue weighted by atomic mass is 32.1. The summed E-state index contributed by atoms with van der Waals surface area (Å²) >= 11 is 1.54. The van der Waals surface area contributed by atoms with E-state index in [1.54, 1.807) is 11.9 Å². The van der Waals surface area contributed by atoms with Gasteiger partial charge in [0, 0.05) is 25.4 Å². The molecule has 0 bridgehead atoms. The smallest absolute Gasteiger partial charge is 0.219 e. The van der Waals surface area contributed by atoms with Crippen molar-refractivity contribution in [3.8, 4) is 0 Å². The van der Waals surface area contributed by atoms with Crippen molar-refractivity contribution in [3.63, 3.8) is 0 Å². The van der Waals surface area contributed by atoms with Crippen LogP contribution < -0.4 is 0 Å². The Labute approximate surface area is 88.0 Å². The summed E-state index contributed by atoms with van der Waals surface area (Å²) in [6, 6.07) is 3.82. The average Bonchev–Trinajstić information content (AvgIpc) is 2.66. The Morgan fingerprint density at radius 3 is 2.93 bits per heavy atom. The first-order chi connectivity index (χ1) is 6.61. The first-order valence-corrected chi connectivity index (χ1v) is 5.42. The van der Waals surface area contributed by atoms with Crippen molar-refractivity contribution in [1.29, 1.82) is 0 Å². The molecule has 0 saturated heterocycles. The SMILES string of the molecule is CC(=O)N(C)CC[C@@H](O)c1cccs1. The van der Waals surface area contributed by atoms with Gasteiger partial charge in [0.25, 0.3) is 0 Å². The second-order valence-corrected chi connectivity index (χ2v) is 4.24. The van der Waals surface area contributed by atoms with E-state index in [1.165, 1.54) is 18.3 Å². The fourth-order valence-electron chi connectivity index (χ4n) is 1.10. The third kappa shape index (κ3) is 3.12. The van der Waals surface area contributed by atoms with Gasteiger partial charge in [-0.3, -0.25) is 4.79 Å². The van der Waals surface area contributed by atoms with E-state index in [-0.39, 0.29) is 5.91 Å². The van der Waals surface area contributed by atoms with Crippen molar-refractivity contribution in [3.05, 3.63) is 22.4 Å². The van der Waals surface area contributed by atoms with Gasteiger partial charge in [-0.15, -0.1) is 11.3 Å². The van der Waals surface area contributed by atoms with Gasteiger partial charge in [-0.1, -0.05) is 6.07 Å². The van der Waals surface area contributed by atoms with Crippen molar-refractivity contribution in [1.82, 2.24) is 4.90 Å². The second kappa shape index (κ2) is 5.12. The zero-order valence-electron chi connectivity index (χ0n) is 8.43. The zero-order valence-corrected chi connectivity index (χ0v) is 9.25. The minimum atomic E-state index is -0.447. The van der Waals surface area contributed by atoms with Crippen molar-refractivity contribution >= 4 is 17.2 Å². The summed E-state index contributed by atoms with van der Waals surface area (Å²) in [6.07, 6.45) is 0.146. The lowest BCUT2D eigenvalue weighted by molar-refractivity contribution is -0.127. The van der Waals surface area contributed by atoms with Crippen LogP contribution in [0.2, 0.25) is 0 Å². The molecular weight excluding hydrogens is 198 g/mol. The standard InChI is InChI=1S/C10H15NO2S/c1-8(12)11(2)6-5-9(13)10-4-3-7-14-10/h3-4,7,9,13H,5-6H2,1-2H3/t9-/m1/s1. The molecule has 78 valence electrons. The van der Waals surface area contributed by atoms with Crippen LogP contribution in [-0.2, 0) is 4.79 Å². The molecule has 0 radical (unpaired) electrons. The monoisotopic (exact) mass is 213 g/mol. The van der Waals surface area contributed by atoms with E-state index in [4.69, 9.17) is 0 Å². The molecule has 1 N–H and O–H groups in total. The molecule has 0 saturated carbocycles. The number of aliphatic hydroxyl groups is 1. The molecule has 4 heteroatoms. The van der Waals surface area contributed by atoms with Gasteiger partial charge in [0.2, 0.25) is 5.91 Å². The summed E-state index contributed by atoms with van der Waals surface area (Å²) < 4.78 is 0. The van der Waals surface area contributed by atoms with E-state index in [9.17, 15) is 9.90 Å². The van der Waals surface area contributed by atoms with Crippen LogP contribution in [0.5, 0.6) is 0 Å². The Morgan fingerprint density at radius 2 is 2.43 bits per heavy atom. The first-order valence-electron chi connectivity index (χ1n) is 4.54. The van der Waals surface area contributed by atoms with Gasteiger partial charge in [-0.05, 0) is 17.9 Å². The van der Waals surface area contributed by atoms with Crippen LogP contribution >= 0.6 is 11.3 Å². The van der Waals surface area contributed by atoms with E-state index in [2.05, 4.69) is 0 Å². The van der Waals surface area contributed by atoms with Gasteiger partial charge in [0.05, 0.1) is 6.10 Å². The zero-order chi connectivity index (χ0) is 10.6. The van der Waals surface area contributed by atoms with Crippen LogP contribution in [-0.4, -0.2) is 29.5 Å². The number of hydrogen-bond acceptors (Lipinski definition) is 3. The molecule has 3 nitrogen and oxygen atoms in total. The van der Waals surface area contributed by atoms with E-state index in [0.717, 1.165) is 4.88 Å². The van der Waals surface area contributed by atoms with Crippen molar-refractivity contribution < 1.29 is 9.90 Å². The lowest BCUT2D eigenvalue weighted by Gasteiger charge is -2.16. The predicted molar refractivity (Wildman–Crippen MR) is 57.2 cm³/mol. The maximum absolute atomic E-state index is 10.9. The molecule has 1 aromatic heterocycles. The number of thiophene rings is 1. The normalized spacial score (nSPS) is 12.5. The minimum absolute atomic E-state index is 0.0309. The van der Waals surface area contributed by atoms with Gasteiger partial charge < -0.3 is 10.0 Å². The topological polar surface area (TPSA) is 40.5 Å². The quantitative estimate of drug-likeness (QED) is 0.826. The Balaban J connectivity index is 2.35. The van der Waals surface area contributed by atoms with Gasteiger partial charge in [-0.25, -0.2) is 0 Å². The van der Waals surface area contributed by atoms with E-state index < -0.39 is 6.10 Å². The number of aliphatic hydroxyl groups excluding tert-OH is 1. The van der Waals surface area contributed by atoms with Crippen LogP contribution in [0.15, 0.2) is 17.5 Å². The summed E-state index contributed by atoms with van der Waals surface area (Å²) in [5, 5.41) is 11.7. The Morgan fingerprint density at radius 1 is 1.71 bits per heavy atom. The molecule has 1 atom stereocenters. The first kappa shape index (κ1) is 11.2. The number of carbonyl (C=O) groups is 1. The predicted octanol–water partition coefficient (Wildman–Crippen LogP) is 1.65. The van der Waals surface area contributed by atoms with Crippen molar-refractivity contribution in [2.45, 2.75) is 19.4 Å². The Hall–Kier alpha value is -0.870. The van der Waals surface area contributed by atoms with Gasteiger partial charge >= 0.3 is 0 Å². The molecule has 0 aliphatic rings. The molecule has 1 heterocycles. The van der Waals surface area contributed by atoms with Gasteiger partial charge in [0.15, 0.2) is 0 Å². The Kier molecular flexibility index (Phi) is 4.10. The van der Waals surface area contributed by atoms with Crippen LogP contribution in [0.3, 0.4) is 0 Å². The molecule has 14 heavy (non-hydrogen) atoms. The molecule has 0 aromatic carbocycles. The summed E-state index contributed by atoms with van der Waals surface area (Å²) in [5.74, 6) is 0.0309. The molecule has 0 unspecified atom stereocenters. The van der Waals surface area contributed by atoms with Gasteiger partial charge in [0.1, 0.15) is 0 Å². The molecular formula is C10H15NO2S. The van der Waals surface area contributed by atoms with Crippen LogP contribution in [0, 0.1) is 0 Å². The van der Waals surface area contributed by atoms with E-state index in [1.807, 2.05) is 17.5 Å². The number of rotatable bonds is 4. The summed E-state index contributed by atoms with van der Waals surface area (Å²) in [4.78, 5) is 13.5. The molecule has 0 aliphatic heterocycles. The minimum Gasteiger partial charge on any atom is -0.388 e. The largest absolute Gasteiger partial charge is 0.388 e. The van der Waals surface area contributed by atoms with Gasteiger partial charge in [-0.2, -0.15) is 0 Å². The highest BCUT2D eigenvalue weighted by Crippen LogP contribution is 2.21. The van der Waals surface area contributed by atoms with E-state index >= 15 is 0 Å². The Bertz CT molecular complexity index is 284. The highest BCUT2D eigenvalue weighted by molar-refractivity contribution is 7.10. The summed E-state index contributed by atoms with van der Waals surface area (Å²) in [6.45, 7) is 2.12. The molecule has 0 fully saturated rings. The number of carbonyl (C=O) groups excluding carboxylic acids is 1. The number of nitrogens with zero attached hydrogens (tertiary/aromatic N) is 1. The van der Waals surface area contributed by atoms with Crippen LogP contribution in [0.25, 0.3) is 0 Å². The molecule has 0 spiro atoms. The molecule has 0 aliphatic carbocycles. The number of amides is 1. The van der Waals surface area contributed by atoms with Crippen molar-refractivity contribution in [2.75, 3.05) is 13.6 Å². The van der Waals surface area contributed by atoms with Crippen LogP contribution in [0.4, 0.5) is 0 Å². The molecule has 1 aromatic rings. The maximum Gasteiger partial charge on any atom is 0.219 e. The summed E-state index contributed by atoms with van der Waals surface area (Å²) in [5.41, 5.74) is 0. The lowest BCUT2D eigenvalue weighted by Crippen LogP contribution is -2.25. The van der Waals surface area contributed by atoms with Crippen molar-refractivity contribution in [2.24, 2.45) is 0 Å². The molecule has 1 rings (SSSR count). The third-order valence-corrected chi connectivity index (χ3v) is 3.12. The highest BCUT2D eigenvalue weighted by Gasteiger charge is 2.10. The van der Waals surface area contributed by atoms with Crippen LogP contribution in [0.1, 0.15) is 24.3 Å².